The monoisotopic (exact) mass is 492 g/mol. The third-order valence-electron chi connectivity index (χ3n) is 6.12. The molecule has 0 aliphatic heterocycles. The zero-order valence-corrected chi connectivity index (χ0v) is 20.8. The van der Waals surface area contributed by atoms with E-state index in [1.54, 1.807) is 0 Å². The van der Waals surface area contributed by atoms with Crippen LogP contribution in [0.2, 0.25) is 0 Å². The predicted molar refractivity (Wildman–Crippen MR) is 132 cm³/mol. The van der Waals surface area contributed by atoms with Gasteiger partial charge in [0.2, 0.25) is 0 Å². The van der Waals surface area contributed by atoms with Gasteiger partial charge in [-0.15, -0.1) is 0 Å². The van der Waals surface area contributed by atoms with Crippen molar-refractivity contribution >= 4 is 41.8 Å². The van der Waals surface area contributed by atoms with Crippen LogP contribution in [0, 0.1) is 0 Å². The van der Waals surface area contributed by atoms with Gasteiger partial charge in [0, 0.05) is 10.8 Å². The first kappa shape index (κ1) is 25.6. The SMILES string of the molecule is CCCCCCCc1ccc2c(CCCC)c3cc(S(=O)(=O)O)ccc3c(S(=O)(=O)O)c2c1. The van der Waals surface area contributed by atoms with Gasteiger partial charge in [-0.2, -0.15) is 16.8 Å². The summed E-state index contributed by atoms with van der Waals surface area (Å²) in [6.45, 7) is 4.21. The Bertz CT molecular complexity index is 1360. The highest BCUT2D eigenvalue weighted by molar-refractivity contribution is 7.86. The molecule has 0 amide bonds. The lowest BCUT2D eigenvalue weighted by atomic mass is 9.91. The van der Waals surface area contributed by atoms with Gasteiger partial charge >= 0.3 is 0 Å². The number of aryl methyl sites for hydroxylation is 2. The summed E-state index contributed by atoms with van der Waals surface area (Å²) in [5.74, 6) is 0. The number of rotatable bonds is 11. The van der Waals surface area contributed by atoms with Crippen LogP contribution in [0.1, 0.15) is 69.9 Å². The van der Waals surface area contributed by atoms with Gasteiger partial charge in [0.15, 0.2) is 0 Å². The van der Waals surface area contributed by atoms with Crippen LogP contribution in [0.5, 0.6) is 0 Å². The molecule has 0 aromatic heterocycles. The van der Waals surface area contributed by atoms with Crippen molar-refractivity contribution in [3.8, 4) is 0 Å². The van der Waals surface area contributed by atoms with Crippen LogP contribution in [-0.4, -0.2) is 25.9 Å². The van der Waals surface area contributed by atoms with Gasteiger partial charge in [0.05, 0.1) is 4.90 Å². The molecule has 180 valence electrons. The Hall–Kier alpha value is -2.00. The van der Waals surface area contributed by atoms with Crippen LogP contribution in [0.25, 0.3) is 21.5 Å². The first-order valence-corrected chi connectivity index (χ1v) is 14.4. The standard InChI is InChI=1S/C25H32O6S2/c1-3-5-7-8-9-10-18-12-14-21-20(11-6-4-2)23-17-19(32(26,27)28)13-15-22(23)25(24(21)16-18)33(29,30)31/h12-17H,3-11H2,1-2H3,(H,26,27,28)(H,29,30,31). The summed E-state index contributed by atoms with van der Waals surface area (Å²) in [6.07, 6.45) is 8.79. The fourth-order valence-electron chi connectivity index (χ4n) is 4.45. The molecule has 3 aromatic carbocycles. The predicted octanol–water partition coefficient (Wildman–Crippen LogP) is 6.34. The minimum absolute atomic E-state index is 0.220. The van der Waals surface area contributed by atoms with E-state index in [0.717, 1.165) is 43.2 Å². The molecule has 0 heterocycles. The summed E-state index contributed by atoms with van der Waals surface area (Å²) in [4.78, 5) is -0.528. The molecule has 0 spiro atoms. The van der Waals surface area contributed by atoms with Crippen molar-refractivity contribution in [3.05, 3.63) is 47.5 Å². The van der Waals surface area contributed by atoms with Crippen molar-refractivity contribution in [2.45, 2.75) is 81.4 Å². The second kappa shape index (κ2) is 10.5. The molecule has 0 saturated carbocycles. The number of benzene rings is 3. The Morgan fingerprint density at radius 1 is 0.636 bits per heavy atom. The highest BCUT2D eigenvalue weighted by atomic mass is 32.2. The van der Waals surface area contributed by atoms with E-state index in [-0.39, 0.29) is 15.2 Å². The van der Waals surface area contributed by atoms with E-state index < -0.39 is 20.2 Å². The van der Waals surface area contributed by atoms with E-state index in [0.29, 0.717) is 22.6 Å². The zero-order chi connectivity index (χ0) is 24.2. The Labute approximate surface area is 196 Å². The second-order valence-electron chi connectivity index (χ2n) is 8.61. The van der Waals surface area contributed by atoms with Gasteiger partial charge in [0.1, 0.15) is 4.90 Å². The normalized spacial score (nSPS) is 12.6. The summed E-state index contributed by atoms with van der Waals surface area (Å²) >= 11 is 0. The Balaban J connectivity index is 2.27. The van der Waals surface area contributed by atoms with Gasteiger partial charge in [-0.3, -0.25) is 9.11 Å². The molecule has 3 rings (SSSR count). The van der Waals surface area contributed by atoms with Crippen molar-refractivity contribution in [2.24, 2.45) is 0 Å². The fraction of sp³-hybridized carbons (Fsp3) is 0.440. The maximum absolute atomic E-state index is 12.5. The molecular formula is C25H32O6S2. The lowest BCUT2D eigenvalue weighted by Gasteiger charge is -2.17. The second-order valence-corrected chi connectivity index (χ2v) is 11.4. The number of fused-ring (bicyclic) bond motifs is 2. The topological polar surface area (TPSA) is 109 Å². The molecule has 8 heteroatoms. The summed E-state index contributed by atoms with van der Waals surface area (Å²) in [7, 11) is -9.07. The lowest BCUT2D eigenvalue weighted by Crippen LogP contribution is -2.05. The van der Waals surface area contributed by atoms with Crippen molar-refractivity contribution in [3.63, 3.8) is 0 Å². The van der Waals surface area contributed by atoms with Crippen LogP contribution in [0.15, 0.2) is 46.2 Å². The molecule has 0 saturated heterocycles. The van der Waals surface area contributed by atoms with Crippen LogP contribution in [0.3, 0.4) is 0 Å². The largest absolute Gasteiger partial charge is 0.295 e. The molecule has 0 aliphatic carbocycles. The van der Waals surface area contributed by atoms with Gasteiger partial charge in [-0.25, -0.2) is 0 Å². The van der Waals surface area contributed by atoms with Crippen molar-refractivity contribution in [2.75, 3.05) is 0 Å². The Morgan fingerprint density at radius 2 is 1.30 bits per heavy atom. The molecule has 0 unspecified atom stereocenters. The molecule has 0 fully saturated rings. The number of hydrogen-bond donors (Lipinski definition) is 2. The molecular weight excluding hydrogens is 460 g/mol. The third kappa shape index (κ3) is 5.93. The third-order valence-corrected chi connectivity index (χ3v) is 7.93. The van der Waals surface area contributed by atoms with Gasteiger partial charge < -0.3 is 0 Å². The van der Waals surface area contributed by atoms with E-state index in [9.17, 15) is 25.9 Å². The van der Waals surface area contributed by atoms with Gasteiger partial charge in [-0.05, 0) is 65.8 Å². The number of unbranched alkanes of at least 4 members (excludes halogenated alkanes) is 5. The highest BCUT2D eigenvalue weighted by Gasteiger charge is 2.23. The van der Waals surface area contributed by atoms with Crippen molar-refractivity contribution in [1.29, 1.82) is 0 Å². The Kier molecular flexibility index (Phi) is 8.16. The first-order valence-electron chi connectivity index (χ1n) is 11.5. The smallest absolute Gasteiger partial charge is 0.282 e. The van der Waals surface area contributed by atoms with Crippen molar-refractivity contribution in [1.82, 2.24) is 0 Å². The van der Waals surface area contributed by atoms with Gasteiger partial charge in [0.25, 0.3) is 20.2 Å². The van der Waals surface area contributed by atoms with Crippen LogP contribution >= 0.6 is 0 Å². The van der Waals surface area contributed by atoms with E-state index >= 15 is 0 Å². The molecule has 33 heavy (non-hydrogen) atoms. The fourth-order valence-corrected chi connectivity index (χ4v) is 5.86. The minimum Gasteiger partial charge on any atom is -0.282 e. The highest BCUT2D eigenvalue weighted by Crippen LogP contribution is 2.38. The zero-order valence-electron chi connectivity index (χ0n) is 19.2. The molecule has 2 N–H and O–H groups in total. The first-order chi connectivity index (χ1) is 15.6. The van der Waals surface area contributed by atoms with E-state index in [2.05, 4.69) is 6.92 Å². The quantitative estimate of drug-likeness (QED) is 0.184. The molecule has 0 atom stereocenters. The van der Waals surface area contributed by atoms with Crippen LogP contribution in [0.4, 0.5) is 0 Å². The summed E-state index contributed by atoms with van der Waals surface area (Å²) in [6, 6.07) is 9.50. The summed E-state index contributed by atoms with van der Waals surface area (Å²) < 4.78 is 68.2. The molecule has 6 nitrogen and oxygen atoms in total. The Morgan fingerprint density at radius 3 is 1.94 bits per heavy atom. The maximum atomic E-state index is 12.5. The molecule has 0 aliphatic rings. The number of hydrogen-bond acceptors (Lipinski definition) is 4. The van der Waals surface area contributed by atoms with E-state index in [1.807, 2.05) is 25.1 Å². The summed E-state index contributed by atoms with van der Waals surface area (Å²) in [5.41, 5.74) is 1.81. The lowest BCUT2D eigenvalue weighted by molar-refractivity contribution is 0.482. The maximum Gasteiger partial charge on any atom is 0.295 e. The van der Waals surface area contributed by atoms with Crippen molar-refractivity contribution < 1.29 is 25.9 Å². The van der Waals surface area contributed by atoms with Gasteiger partial charge in [-0.1, -0.05) is 64.2 Å². The van der Waals surface area contributed by atoms with E-state index in [1.165, 1.54) is 37.5 Å². The van der Waals surface area contributed by atoms with Crippen LogP contribution in [-0.2, 0) is 33.1 Å². The average molecular weight is 493 g/mol. The molecule has 0 radical (unpaired) electrons. The molecule has 0 bridgehead atoms. The van der Waals surface area contributed by atoms with E-state index in [4.69, 9.17) is 0 Å². The minimum atomic E-state index is -4.60. The van der Waals surface area contributed by atoms with Crippen LogP contribution < -0.4 is 0 Å². The average Bonchev–Trinajstić information content (AvgIpc) is 2.74. The summed E-state index contributed by atoms with van der Waals surface area (Å²) in [5, 5.41) is 1.78. The molecule has 3 aromatic rings.